The molecule has 5 heterocycles. The van der Waals surface area contributed by atoms with Crippen LogP contribution in [0.5, 0.6) is 6.01 Å². The van der Waals surface area contributed by atoms with Gasteiger partial charge in [0.15, 0.2) is 11.5 Å². The molecule has 37 heavy (non-hydrogen) atoms. The molecular weight excluding hydrogens is 470 g/mol. The number of rotatable bonds is 6. The number of piperazine rings is 1. The number of benzene rings is 1. The van der Waals surface area contributed by atoms with Crippen LogP contribution in [-0.4, -0.2) is 97.8 Å². The third-order valence-corrected chi connectivity index (χ3v) is 7.56. The zero-order chi connectivity index (χ0) is 25.5. The molecule has 2 saturated heterocycles. The van der Waals surface area contributed by atoms with E-state index in [9.17, 15) is 4.79 Å². The van der Waals surface area contributed by atoms with Crippen LogP contribution < -0.4 is 9.64 Å². The van der Waals surface area contributed by atoms with Gasteiger partial charge in [0, 0.05) is 50.2 Å². The van der Waals surface area contributed by atoms with E-state index in [1.165, 1.54) is 12.5 Å². The largest absolute Gasteiger partial charge is 0.462 e. The van der Waals surface area contributed by atoms with Crippen LogP contribution >= 0.6 is 0 Å². The topological polar surface area (TPSA) is 108 Å². The standard InChI is InChI=1S/C26H31N9O2/c1-4-21(36)34-11-13-35(14-12-34)25-22-23(29-26(30-25)37-16-17-7-6-10-32(17)2)28-24(33(22)3)18-8-5-9-20-19(18)15-27-31-20/h4-5,8-9,15,17H,1,6-7,10-14,16H2,2-3H3,(H,27,31)/t17-/m0/s1. The number of anilines is 1. The maximum Gasteiger partial charge on any atom is 0.320 e. The summed E-state index contributed by atoms with van der Waals surface area (Å²) in [5.41, 5.74) is 3.34. The van der Waals surface area contributed by atoms with Gasteiger partial charge in [0.25, 0.3) is 0 Å². The fourth-order valence-corrected chi connectivity index (χ4v) is 5.39. The average molecular weight is 502 g/mol. The number of imidazole rings is 1. The van der Waals surface area contributed by atoms with E-state index in [0.29, 0.717) is 50.5 Å². The second-order valence-electron chi connectivity index (χ2n) is 9.74. The normalized spacial score (nSPS) is 18.7. The highest BCUT2D eigenvalue weighted by atomic mass is 16.5. The number of hydrogen-bond donors (Lipinski definition) is 1. The first-order valence-electron chi connectivity index (χ1n) is 12.7. The molecule has 1 N–H and O–H groups in total. The van der Waals surface area contributed by atoms with Crippen LogP contribution in [0, 0.1) is 0 Å². The Balaban J connectivity index is 1.41. The monoisotopic (exact) mass is 501 g/mol. The van der Waals surface area contributed by atoms with Crippen molar-refractivity contribution in [2.24, 2.45) is 7.05 Å². The first-order valence-corrected chi connectivity index (χ1v) is 12.7. The quantitative estimate of drug-likeness (QED) is 0.401. The summed E-state index contributed by atoms with van der Waals surface area (Å²) in [6.07, 6.45) is 5.47. The maximum absolute atomic E-state index is 12.1. The van der Waals surface area contributed by atoms with Crippen LogP contribution in [-0.2, 0) is 11.8 Å². The molecular formula is C26H31N9O2. The predicted octanol–water partition coefficient (Wildman–Crippen LogP) is 2.21. The van der Waals surface area contributed by atoms with Crippen molar-refractivity contribution in [3.8, 4) is 17.4 Å². The molecule has 192 valence electrons. The number of fused-ring (bicyclic) bond motifs is 2. The van der Waals surface area contributed by atoms with Crippen molar-refractivity contribution < 1.29 is 9.53 Å². The Morgan fingerprint density at radius 3 is 2.76 bits per heavy atom. The van der Waals surface area contributed by atoms with Crippen LogP contribution in [0.15, 0.2) is 37.1 Å². The molecule has 2 aliphatic rings. The second kappa shape index (κ2) is 9.47. The van der Waals surface area contributed by atoms with Crippen molar-refractivity contribution in [3.05, 3.63) is 37.1 Å². The Morgan fingerprint density at radius 2 is 2.00 bits per heavy atom. The average Bonchev–Trinajstić information content (AvgIpc) is 3.65. The summed E-state index contributed by atoms with van der Waals surface area (Å²) in [4.78, 5) is 33.0. The lowest BCUT2D eigenvalue weighted by molar-refractivity contribution is -0.126. The molecule has 0 unspecified atom stereocenters. The fourth-order valence-electron chi connectivity index (χ4n) is 5.39. The number of carbonyl (C=O) groups excluding carboxylic acids is 1. The maximum atomic E-state index is 12.1. The summed E-state index contributed by atoms with van der Waals surface area (Å²) in [5.74, 6) is 1.50. The van der Waals surface area contributed by atoms with Gasteiger partial charge in [0.05, 0.1) is 11.7 Å². The molecule has 1 aromatic carbocycles. The highest BCUT2D eigenvalue weighted by Gasteiger charge is 2.27. The molecule has 11 nitrogen and oxygen atoms in total. The minimum absolute atomic E-state index is 0.0479. The van der Waals surface area contributed by atoms with Gasteiger partial charge in [0.1, 0.15) is 17.9 Å². The first-order chi connectivity index (χ1) is 18.0. The van der Waals surface area contributed by atoms with E-state index < -0.39 is 0 Å². The number of nitrogens with one attached hydrogen (secondary N) is 1. The molecule has 0 aliphatic carbocycles. The third-order valence-electron chi connectivity index (χ3n) is 7.56. The van der Waals surface area contributed by atoms with Gasteiger partial charge in [0.2, 0.25) is 5.91 Å². The van der Waals surface area contributed by atoms with E-state index in [-0.39, 0.29) is 5.91 Å². The van der Waals surface area contributed by atoms with Crippen molar-refractivity contribution in [1.82, 2.24) is 39.5 Å². The highest BCUT2D eigenvalue weighted by molar-refractivity contribution is 5.96. The van der Waals surface area contributed by atoms with E-state index >= 15 is 0 Å². The van der Waals surface area contributed by atoms with Gasteiger partial charge >= 0.3 is 6.01 Å². The molecule has 4 aromatic rings. The summed E-state index contributed by atoms with van der Waals surface area (Å²) in [6, 6.07) is 6.71. The minimum Gasteiger partial charge on any atom is -0.462 e. The highest BCUT2D eigenvalue weighted by Crippen LogP contribution is 2.33. The van der Waals surface area contributed by atoms with E-state index in [1.54, 1.807) is 0 Å². The number of H-pyrrole nitrogens is 1. The van der Waals surface area contributed by atoms with E-state index in [2.05, 4.69) is 33.6 Å². The van der Waals surface area contributed by atoms with Crippen molar-refractivity contribution >= 4 is 33.8 Å². The Hall–Kier alpha value is -3.99. The van der Waals surface area contributed by atoms with Crippen LogP contribution in [0.2, 0.25) is 0 Å². The second-order valence-corrected chi connectivity index (χ2v) is 9.74. The molecule has 6 rings (SSSR count). The summed E-state index contributed by atoms with van der Waals surface area (Å²) in [5, 5.41) is 8.24. The van der Waals surface area contributed by atoms with Gasteiger partial charge in [-0.05, 0) is 38.6 Å². The van der Waals surface area contributed by atoms with Gasteiger partial charge in [-0.2, -0.15) is 15.1 Å². The predicted molar refractivity (Wildman–Crippen MR) is 142 cm³/mol. The lowest BCUT2D eigenvalue weighted by Gasteiger charge is -2.35. The van der Waals surface area contributed by atoms with E-state index in [4.69, 9.17) is 19.7 Å². The lowest BCUT2D eigenvalue weighted by Crippen LogP contribution is -2.48. The number of aromatic nitrogens is 6. The molecule has 2 fully saturated rings. The Morgan fingerprint density at radius 1 is 1.16 bits per heavy atom. The van der Waals surface area contributed by atoms with Crippen LogP contribution in [0.25, 0.3) is 33.5 Å². The molecule has 0 saturated carbocycles. The fraction of sp³-hybridized carbons (Fsp3) is 0.423. The molecule has 1 atom stereocenters. The number of carbonyl (C=O) groups is 1. The summed E-state index contributed by atoms with van der Waals surface area (Å²) in [7, 11) is 4.12. The van der Waals surface area contributed by atoms with Crippen molar-refractivity contribution in [1.29, 1.82) is 0 Å². The molecule has 0 radical (unpaired) electrons. The van der Waals surface area contributed by atoms with Gasteiger partial charge in [-0.3, -0.25) is 9.89 Å². The number of likely N-dealkylation sites (N-methyl/N-ethyl adjacent to an activating group) is 1. The van der Waals surface area contributed by atoms with E-state index in [0.717, 1.165) is 46.6 Å². The summed E-state index contributed by atoms with van der Waals surface area (Å²) in [6.45, 7) is 7.72. The Labute approximate surface area is 214 Å². The van der Waals surface area contributed by atoms with Crippen LogP contribution in [0.3, 0.4) is 0 Å². The first kappa shape index (κ1) is 23.4. The Kier molecular flexibility index (Phi) is 5.99. The van der Waals surface area contributed by atoms with Crippen molar-refractivity contribution in [2.45, 2.75) is 18.9 Å². The number of likely N-dealkylation sites (tertiary alicyclic amines) is 1. The molecule has 3 aromatic heterocycles. The van der Waals surface area contributed by atoms with E-state index in [1.807, 2.05) is 40.9 Å². The van der Waals surface area contributed by atoms with Crippen molar-refractivity contribution in [3.63, 3.8) is 0 Å². The van der Waals surface area contributed by atoms with Crippen LogP contribution in [0.1, 0.15) is 12.8 Å². The number of ether oxygens (including phenoxy) is 1. The van der Waals surface area contributed by atoms with Gasteiger partial charge in [-0.1, -0.05) is 18.7 Å². The Bertz CT molecular complexity index is 1470. The lowest BCUT2D eigenvalue weighted by atomic mass is 10.1. The minimum atomic E-state index is -0.0479. The third kappa shape index (κ3) is 4.18. The molecule has 2 aliphatic heterocycles. The number of nitrogens with zero attached hydrogens (tertiary/aromatic N) is 8. The van der Waals surface area contributed by atoms with Crippen LogP contribution in [0.4, 0.5) is 5.82 Å². The SMILES string of the molecule is C=CC(=O)N1CCN(c2nc(OC[C@@H]3CCCN3C)nc3nc(-c4cccc5[nH]ncc45)n(C)c23)CC1. The van der Waals surface area contributed by atoms with Crippen molar-refractivity contribution in [2.75, 3.05) is 51.3 Å². The number of amides is 1. The molecule has 0 bridgehead atoms. The number of aryl methyl sites for hydroxylation is 1. The van der Waals surface area contributed by atoms with Gasteiger partial charge in [-0.15, -0.1) is 0 Å². The molecule has 0 spiro atoms. The molecule has 11 heteroatoms. The summed E-state index contributed by atoms with van der Waals surface area (Å²) >= 11 is 0. The zero-order valence-electron chi connectivity index (χ0n) is 21.2. The summed E-state index contributed by atoms with van der Waals surface area (Å²) < 4.78 is 8.20. The zero-order valence-corrected chi connectivity index (χ0v) is 21.2. The van der Waals surface area contributed by atoms with Gasteiger partial charge < -0.3 is 24.0 Å². The molecule has 1 amide bonds. The van der Waals surface area contributed by atoms with Gasteiger partial charge in [-0.25, -0.2) is 4.98 Å². The number of aromatic amines is 1. The number of hydrogen-bond acceptors (Lipinski definition) is 8. The smallest absolute Gasteiger partial charge is 0.320 e.